The van der Waals surface area contributed by atoms with Crippen LogP contribution in [-0.4, -0.2) is 29.8 Å². The Balaban J connectivity index is 2.21. The summed E-state index contributed by atoms with van der Waals surface area (Å²) in [6, 6.07) is -0.0555. The molecule has 0 aliphatic carbocycles. The molecule has 2 rings (SSSR count). The van der Waals surface area contributed by atoms with Crippen LogP contribution in [0.4, 0.5) is 8.78 Å². The zero-order chi connectivity index (χ0) is 17.0. The van der Waals surface area contributed by atoms with E-state index in [0.29, 0.717) is 16.8 Å². The van der Waals surface area contributed by atoms with E-state index < -0.39 is 11.7 Å². The van der Waals surface area contributed by atoms with Gasteiger partial charge in [-0.25, -0.2) is 8.78 Å². The maximum absolute atomic E-state index is 13.9. The van der Waals surface area contributed by atoms with Gasteiger partial charge in [0.25, 0.3) is 0 Å². The van der Waals surface area contributed by atoms with Crippen molar-refractivity contribution in [2.24, 2.45) is 0 Å². The van der Waals surface area contributed by atoms with Crippen LogP contribution in [0.25, 0.3) is 0 Å². The summed E-state index contributed by atoms with van der Waals surface area (Å²) < 4.78 is 34.8. The fourth-order valence-corrected chi connectivity index (χ4v) is 2.95. The van der Waals surface area contributed by atoms with Crippen LogP contribution in [-0.2, 0) is 11.2 Å². The third-order valence-corrected chi connectivity index (χ3v) is 3.97. The molecule has 1 fully saturated rings. The van der Waals surface area contributed by atoms with Crippen LogP contribution in [0.5, 0.6) is 0 Å². The molecule has 1 aliphatic heterocycles. The molecule has 0 aromatic carbocycles. The summed E-state index contributed by atoms with van der Waals surface area (Å²) in [4.78, 5) is 3.04. The highest BCUT2D eigenvalue weighted by atomic mass is 32.1. The van der Waals surface area contributed by atoms with E-state index in [1.807, 2.05) is 17.8 Å². The predicted molar refractivity (Wildman–Crippen MR) is 89.0 cm³/mol. The Kier molecular flexibility index (Phi) is 5.90. The summed E-state index contributed by atoms with van der Waals surface area (Å²) in [5, 5.41) is 3.10. The van der Waals surface area contributed by atoms with E-state index >= 15 is 0 Å². The highest BCUT2D eigenvalue weighted by Crippen LogP contribution is 2.33. The van der Waals surface area contributed by atoms with Crippen molar-refractivity contribution in [2.45, 2.75) is 25.8 Å². The lowest BCUT2D eigenvalue weighted by atomic mass is 10.0. The van der Waals surface area contributed by atoms with Gasteiger partial charge < -0.3 is 19.6 Å². The number of nitrogens with one attached hydrogen (secondary N) is 2. The van der Waals surface area contributed by atoms with Gasteiger partial charge in [0.2, 0.25) is 0 Å². The van der Waals surface area contributed by atoms with Crippen LogP contribution in [0.3, 0.4) is 0 Å². The maximum Gasteiger partial charge on any atom is 0.177 e. The Hall–Kier alpha value is -1.73. The van der Waals surface area contributed by atoms with E-state index in [9.17, 15) is 8.78 Å². The molecule has 2 N–H and O–H groups in total. The normalized spacial score (nSPS) is 21.3. The summed E-state index contributed by atoms with van der Waals surface area (Å²) in [5.74, 6) is -1.32. The second-order valence-corrected chi connectivity index (χ2v) is 5.88. The van der Waals surface area contributed by atoms with Crippen molar-refractivity contribution in [1.82, 2.24) is 14.9 Å². The number of likely N-dealkylation sites (N-methyl/N-ethyl adjacent to an activating group) is 1. The topological polar surface area (TPSA) is 42.0 Å². The molecular formula is C16H21F2N3OS. The van der Waals surface area contributed by atoms with Crippen LogP contribution in [0, 0.1) is 4.77 Å². The Labute approximate surface area is 139 Å². The van der Waals surface area contributed by atoms with Gasteiger partial charge in [0, 0.05) is 30.9 Å². The molecule has 0 spiro atoms. The zero-order valence-corrected chi connectivity index (χ0v) is 14.1. The zero-order valence-electron chi connectivity index (χ0n) is 13.3. The minimum atomic E-state index is -0.735. The van der Waals surface area contributed by atoms with Crippen LogP contribution >= 0.6 is 12.2 Å². The highest BCUT2D eigenvalue weighted by Gasteiger charge is 2.26. The van der Waals surface area contributed by atoms with Gasteiger partial charge in [0.05, 0.1) is 11.9 Å². The monoisotopic (exact) mass is 341 g/mol. The molecule has 0 amide bonds. The summed E-state index contributed by atoms with van der Waals surface area (Å²) in [6.45, 7) is 6.13. The molecule has 126 valence electrons. The first-order chi connectivity index (χ1) is 10.9. The summed E-state index contributed by atoms with van der Waals surface area (Å²) in [7, 11) is 1.89. The van der Waals surface area contributed by atoms with Gasteiger partial charge in [-0.2, -0.15) is 0 Å². The summed E-state index contributed by atoms with van der Waals surface area (Å²) >= 11 is 5.34. The van der Waals surface area contributed by atoms with Gasteiger partial charge in [-0.05, 0) is 38.2 Å². The van der Waals surface area contributed by atoms with E-state index in [0.717, 1.165) is 24.7 Å². The minimum absolute atomic E-state index is 0.0251. The van der Waals surface area contributed by atoms with Crippen molar-refractivity contribution in [3.8, 4) is 0 Å². The highest BCUT2D eigenvalue weighted by molar-refractivity contribution is 7.71. The van der Waals surface area contributed by atoms with Gasteiger partial charge in [-0.15, -0.1) is 0 Å². The lowest BCUT2D eigenvalue weighted by Gasteiger charge is -2.29. The van der Waals surface area contributed by atoms with Crippen molar-refractivity contribution < 1.29 is 13.5 Å². The number of aromatic amines is 1. The molecule has 1 aliphatic rings. The lowest BCUT2D eigenvalue weighted by Crippen LogP contribution is -2.24. The van der Waals surface area contributed by atoms with E-state index in [2.05, 4.69) is 16.9 Å². The molecule has 0 saturated carbocycles. The first-order valence-corrected chi connectivity index (χ1v) is 7.82. The van der Waals surface area contributed by atoms with Crippen molar-refractivity contribution in [2.75, 3.05) is 20.2 Å². The Morgan fingerprint density at radius 3 is 2.96 bits per heavy atom. The molecule has 4 nitrogen and oxygen atoms in total. The third kappa shape index (κ3) is 4.17. The Bertz CT molecular complexity index is 698. The van der Waals surface area contributed by atoms with Crippen molar-refractivity contribution in [3.05, 3.63) is 52.3 Å². The second-order valence-electron chi connectivity index (χ2n) is 5.49. The first-order valence-electron chi connectivity index (χ1n) is 7.42. The van der Waals surface area contributed by atoms with Gasteiger partial charge in [0.15, 0.2) is 16.4 Å². The number of hydrogen-bond acceptors (Lipinski definition) is 3. The molecule has 1 saturated heterocycles. The number of imidazole rings is 1. The molecule has 1 aromatic heterocycles. The van der Waals surface area contributed by atoms with Crippen molar-refractivity contribution in [1.29, 1.82) is 0 Å². The number of nitrogens with zero attached hydrogens (tertiary/aromatic N) is 1. The molecule has 7 heteroatoms. The van der Waals surface area contributed by atoms with Gasteiger partial charge >= 0.3 is 0 Å². The number of rotatable bonds is 5. The fraction of sp³-hybridized carbons (Fsp3) is 0.438. The average Bonchev–Trinajstić information content (AvgIpc) is 2.85. The molecule has 2 heterocycles. The quantitative estimate of drug-likeness (QED) is 0.799. The number of halogens is 2. The standard InChI is InChI=1S/C16H21F2N3OS/c1-10-6-13(9-22-15(10)14(18)7-11(2)17)21-12(4-5-19-3)8-20-16(21)23/h7-8,13,19H,1,4-6,9H2,2-3H3,(H,20,23)/b11-7+,15-14-/t13-/m1/s1. The number of aromatic nitrogens is 2. The number of hydrogen-bond donors (Lipinski definition) is 2. The van der Waals surface area contributed by atoms with Crippen LogP contribution in [0.2, 0.25) is 0 Å². The summed E-state index contributed by atoms with van der Waals surface area (Å²) in [5.41, 5.74) is 1.55. The second kappa shape index (κ2) is 7.70. The molecule has 23 heavy (non-hydrogen) atoms. The maximum atomic E-state index is 13.9. The van der Waals surface area contributed by atoms with E-state index in [1.54, 1.807) is 0 Å². The number of ether oxygens (including phenoxy) is 1. The number of allylic oxidation sites excluding steroid dienone is 4. The Morgan fingerprint density at radius 2 is 2.35 bits per heavy atom. The van der Waals surface area contributed by atoms with Gasteiger partial charge in [0.1, 0.15) is 6.61 Å². The van der Waals surface area contributed by atoms with E-state index in [4.69, 9.17) is 17.0 Å². The SMILES string of the molecule is C=C1C[C@@H](n2c(CCNC)c[nH]c2=S)CO/C1=C(F)/C=C(\C)F. The van der Waals surface area contributed by atoms with Crippen LogP contribution in [0.1, 0.15) is 25.1 Å². The van der Waals surface area contributed by atoms with Gasteiger partial charge in [-0.1, -0.05) is 6.58 Å². The fourth-order valence-electron chi connectivity index (χ4n) is 2.62. The largest absolute Gasteiger partial charge is 0.488 e. The van der Waals surface area contributed by atoms with Crippen molar-refractivity contribution in [3.63, 3.8) is 0 Å². The minimum Gasteiger partial charge on any atom is -0.488 e. The average molecular weight is 341 g/mol. The number of H-pyrrole nitrogens is 1. The third-order valence-electron chi connectivity index (χ3n) is 3.65. The first kappa shape index (κ1) is 17.6. The van der Waals surface area contributed by atoms with E-state index in [1.165, 1.54) is 6.92 Å². The van der Waals surface area contributed by atoms with Crippen LogP contribution < -0.4 is 5.32 Å². The molecule has 0 unspecified atom stereocenters. The van der Waals surface area contributed by atoms with Crippen LogP contribution in [0.15, 0.2) is 41.8 Å². The summed E-state index contributed by atoms with van der Waals surface area (Å²) in [6.07, 6.45) is 4.00. The Morgan fingerprint density at radius 1 is 1.61 bits per heavy atom. The molecular weight excluding hydrogens is 320 g/mol. The lowest BCUT2D eigenvalue weighted by molar-refractivity contribution is 0.138. The molecule has 0 bridgehead atoms. The molecule has 1 atom stereocenters. The predicted octanol–water partition coefficient (Wildman–Crippen LogP) is 3.88. The smallest absolute Gasteiger partial charge is 0.177 e. The van der Waals surface area contributed by atoms with Gasteiger partial charge in [-0.3, -0.25) is 0 Å². The molecule has 1 aromatic rings. The van der Waals surface area contributed by atoms with E-state index in [-0.39, 0.29) is 18.4 Å². The van der Waals surface area contributed by atoms with Crippen molar-refractivity contribution >= 4 is 12.2 Å². The molecule has 0 radical (unpaired) electrons.